The first-order valence-electron chi connectivity index (χ1n) is 9.79. The predicted octanol–water partition coefficient (Wildman–Crippen LogP) is 3.78. The van der Waals surface area contributed by atoms with Gasteiger partial charge in [0.1, 0.15) is 6.04 Å². The Morgan fingerprint density at radius 2 is 1.97 bits per heavy atom. The van der Waals surface area contributed by atoms with E-state index in [-0.39, 0.29) is 29.6 Å². The number of nitrogens with zero attached hydrogens (tertiary/aromatic N) is 1. The summed E-state index contributed by atoms with van der Waals surface area (Å²) in [5.41, 5.74) is 7.25. The van der Waals surface area contributed by atoms with Gasteiger partial charge in [-0.15, -0.1) is 11.8 Å². The summed E-state index contributed by atoms with van der Waals surface area (Å²) in [6.07, 6.45) is -2.21. The van der Waals surface area contributed by atoms with Crippen LogP contribution < -0.4 is 11.1 Å². The maximum absolute atomic E-state index is 12.9. The van der Waals surface area contributed by atoms with E-state index in [0.717, 1.165) is 5.56 Å². The quantitative estimate of drug-likeness (QED) is 0.615. The second-order valence-electron chi connectivity index (χ2n) is 7.56. The van der Waals surface area contributed by atoms with Gasteiger partial charge in [-0.25, -0.2) is 0 Å². The lowest BCUT2D eigenvalue weighted by molar-refractivity contribution is -0.136. The molecule has 0 aliphatic carbocycles. The van der Waals surface area contributed by atoms with E-state index in [2.05, 4.69) is 5.32 Å². The zero-order valence-corrected chi connectivity index (χ0v) is 18.4. The molecule has 31 heavy (non-hydrogen) atoms. The second-order valence-corrected chi connectivity index (χ2v) is 9.45. The molecule has 3 N–H and O–H groups in total. The van der Waals surface area contributed by atoms with Crippen molar-refractivity contribution in [3.8, 4) is 0 Å². The molecule has 168 valence electrons. The largest absolute Gasteiger partial charge is 0.389 e. The lowest BCUT2D eigenvalue weighted by atomic mass is 9.96. The molecule has 0 saturated carbocycles. The number of hydrogen-bond donors (Lipinski definition) is 2. The highest BCUT2D eigenvalue weighted by Crippen LogP contribution is 2.39. The number of carbonyl (C=O) groups is 2. The molecule has 1 aromatic rings. The van der Waals surface area contributed by atoms with E-state index in [1.807, 2.05) is 19.1 Å². The molecule has 2 aliphatic rings. The van der Waals surface area contributed by atoms with Gasteiger partial charge in [0, 0.05) is 40.9 Å². The molecule has 0 bridgehead atoms. The van der Waals surface area contributed by atoms with Crippen molar-refractivity contribution in [3.63, 3.8) is 0 Å². The Kier molecular flexibility index (Phi) is 7.39. The number of nitrogens with two attached hydrogens (primary N) is 1. The number of rotatable bonds is 6. The van der Waals surface area contributed by atoms with Crippen molar-refractivity contribution < 1.29 is 22.8 Å². The second kappa shape index (κ2) is 9.67. The molecule has 10 heteroatoms. The van der Waals surface area contributed by atoms with Crippen LogP contribution >= 0.6 is 23.4 Å². The fourth-order valence-corrected chi connectivity index (χ4v) is 4.86. The van der Waals surface area contributed by atoms with E-state index in [4.69, 9.17) is 17.3 Å². The minimum atomic E-state index is -4.26. The number of halogens is 4. The highest BCUT2D eigenvalue weighted by molar-refractivity contribution is 8.04. The van der Waals surface area contributed by atoms with Gasteiger partial charge in [-0.2, -0.15) is 13.2 Å². The minimum Gasteiger partial charge on any atom is -0.358 e. The first kappa shape index (κ1) is 23.7. The van der Waals surface area contributed by atoms with Crippen molar-refractivity contribution in [2.45, 2.75) is 49.8 Å². The molecular weight excluding hydrogens is 451 g/mol. The Morgan fingerprint density at radius 3 is 2.61 bits per heavy atom. The smallest absolute Gasteiger partial charge is 0.358 e. The van der Waals surface area contributed by atoms with Gasteiger partial charge in [0.25, 0.3) is 5.91 Å². The van der Waals surface area contributed by atoms with Crippen LogP contribution in [0, 0.1) is 0 Å². The predicted molar refractivity (Wildman–Crippen MR) is 115 cm³/mol. The van der Waals surface area contributed by atoms with Crippen LogP contribution in [0.3, 0.4) is 0 Å². The molecule has 3 rings (SSSR count). The maximum atomic E-state index is 12.9. The van der Waals surface area contributed by atoms with Gasteiger partial charge in [0.2, 0.25) is 0 Å². The fraction of sp³-hybridized carbons (Fsp3) is 0.429. The van der Waals surface area contributed by atoms with Gasteiger partial charge in [0.15, 0.2) is 5.78 Å². The van der Waals surface area contributed by atoms with Gasteiger partial charge in [-0.05, 0) is 30.2 Å². The summed E-state index contributed by atoms with van der Waals surface area (Å²) in [5.74, 6) is -0.614. The third-order valence-electron chi connectivity index (χ3n) is 5.09. The number of benzene rings is 1. The standard InChI is InChI=1S/C21H23ClF3N3O2S/c1-12-17(26)19(29)18-16(31-12)9-14(20(30)27-8-2-7-21(23,24)25)11-28(18)10-13-3-5-15(22)6-4-13/h3-6,9,11-12,17-18H,2,7-8,10,26H2,1H3,(H,27,30)/t12-,17+,18?/m1/s1. The van der Waals surface area contributed by atoms with Crippen LogP contribution in [-0.2, 0) is 16.1 Å². The van der Waals surface area contributed by atoms with Crippen LogP contribution in [-0.4, -0.2) is 46.6 Å². The molecule has 1 fully saturated rings. The molecule has 2 aliphatic heterocycles. The van der Waals surface area contributed by atoms with Crippen molar-refractivity contribution in [1.82, 2.24) is 10.2 Å². The topological polar surface area (TPSA) is 75.4 Å². The number of Topliss-reactive ketones (excluding diaryl/α,β-unsaturated/α-hetero) is 1. The van der Waals surface area contributed by atoms with E-state index in [0.29, 0.717) is 16.5 Å². The van der Waals surface area contributed by atoms with Crippen molar-refractivity contribution in [3.05, 3.63) is 57.6 Å². The zero-order valence-electron chi connectivity index (χ0n) is 16.8. The van der Waals surface area contributed by atoms with E-state index >= 15 is 0 Å². The molecule has 0 spiro atoms. The SMILES string of the molecule is C[C@H]1SC2=CC(C(=O)NCCCC(F)(F)F)=CN(Cc3ccc(Cl)cc3)C2C(=O)[C@H]1N. The highest BCUT2D eigenvalue weighted by Gasteiger charge is 2.42. The van der Waals surface area contributed by atoms with Gasteiger partial charge >= 0.3 is 6.18 Å². The van der Waals surface area contributed by atoms with Crippen molar-refractivity contribution in [1.29, 1.82) is 0 Å². The minimum absolute atomic E-state index is 0.0905. The molecule has 1 unspecified atom stereocenters. The number of fused-ring (bicyclic) bond motifs is 1. The summed E-state index contributed by atoms with van der Waals surface area (Å²) >= 11 is 7.38. The number of amides is 1. The van der Waals surface area contributed by atoms with Crippen molar-refractivity contribution in [2.75, 3.05) is 6.54 Å². The highest BCUT2D eigenvalue weighted by atomic mass is 35.5. The summed E-state index contributed by atoms with van der Waals surface area (Å²) in [6.45, 7) is 2.10. The Hall–Kier alpha value is -1.97. The normalized spacial score (nSPS) is 23.7. The average Bonchev–Trinajstić information content (AvgIpc) is 2.70. The van der Waals surface area contributed by atoms with E-state index < -0.39 is 30.6 Å². The number of nitrogens with one attached hydrogen (secondary N) is 1. The van der Waals surface area contributed by atoms with Gasteiger partial charge < -0.3 is 16.0 Å². The monoisotopic (exact) mass is 473 g/mol. The molecule has 1 amide bonds. The van der Waals surface area contributed by atoms with Crippen LogP contribution in [0.5, 0.6) is 0 Å². The Labute approximate surface area is 187 Å². The van der Waals surface area contributed by atoms with E-state index in [1.165, 1.54) is 11.8 Å². The number of carbonyl (C=O) groups excluding carboxylic acids is 2. The average molecular weight is 474 g/mol. The van der Waals surface area contributed by atoms with Crippen molar-refractivity contribution in [2.24, 2.45) is 5.73 Å². The summed E-state index contributed by atoms with van der Waals surface area (Å²) in [5, 5.41) is 2.96. The van der Waals surface area contributed by atoms with Crippen LogP contribution in [0.4, 0.5) is 13.2 Å². The zero-order chi connectivity index (χ0) is 22.8. The van der Waals surface area contributed by atoms with Crippen LogP contribution in [0.1, 0.15) is 25.3 Å². The molecule has 5 nitrogen and oxygen atoms in total. The maximum Gasteiger partial charge on any atom is 0.389 e. The fourth-order valence-electron chi connectivity index (χ4n) is 3.44. The molecule has 3 atom stereocenters. The molecular formula is C21H23ClF3N3O2S. The lowest BCUT2D eigenvalue weighted by Crippen LogP contribution is -2.54. The first-order chi connectivity index (χ1) is 14.5. The third-order valence-corrected chi connectivity index (χ3v) is 6.62. The van der Waals surface area contributed by atoms with E-state index in [1.54, 1.807) is 29.3 Å². The molecule has 0 aromatic heterocycles. The lowest BCUT2D eigenvalue weighted by Gasteiger charge is -2.41. The summed E-state index contributed by atoms with van der Waals surface area (Å²) in [6, 6.07) is 5.89. The van der Waals surface area contributed by atoms with Gasteiger partial charge in [0.05, 0.1) is 11.6 Å². The summed E-state index contributed by atoms with van der Waals surface area (Å²) < 4.78 is 36.9. The first-order valence-corrected chi connectivity index (χ1v) is 11.1. The Bertz CT molecular complexity index is 902. The Balaban J connectivity index is 1.79. The van der Waals surface area contributed by atoms with Crippen molar-refractivity contribution >= 4 is 35.1 Å². The third kappa shape index (κ3) is 6.05. The number of thioether (sulfide) groups is 1. The molecule has 0 radical (unpaired) electrons. The number of ketones is 1. The number of hydrogen-bond acceptors (Lipinski definition) is 5. The summed E-state index contributed by atoms with van der Waals surface area (Å²) in [7, 11) is 0. The van der Waals surface area contributed by atoms with E-state index in [9.17, 15) is 22.8 Å². The van der Waals surface area contributed by atoms with Crippen LogP contribution in [0.2, 0.25) is 5.02 Å². The molecule has 1 aromatic carbocycles. The van der Waals surface area contributed by atoms with Crippen LogP contribution in [0.25, 0.3) is 0 Å². The number of alkyl halides is 3. The van der Waals surface area contributed by atoms with Gasteiger partial charge in [-0.1, -0.05) is 30.7 Å². The molecule has 2 heterocycles. The Morgan fingerprint density at radius 1 is 1.29 bits per heavy atom. The van der Waals surface area contributed by atoms with Gasteiger partial charge in [-0.3, -0.25) is 9.59 Å². The summed E-state index contributed by atoms with van der Waals surface area (Å²) in [4.78, 5) is 28.0. The molecule has 1 saturated heterocycles. The van der Waals surface area contributed by atoms with Crippen LogP contribution in [0.15, 0.2) is 47.0 Å².